The molecule has 1 atom stereocenters. The predicted octanol–water partition coefficient (Wildman–Crippen LogP) is 4.34. The molecule has 8 nitrogen and oxygen atoms in total. The minimum atomic E-state index is -0.600. The maximum Gasteiger partial charge on any atom is 0.226 e. The Morgan fingerprint density at radius 3 is 2.73 bits per heavy atom. The van der Waals surface area contributed by atoms with E-state index in [1.165, 1.54) is 12.8 Å². The van der Waals surface area contributed by atoms with E-state index in [4.69, 9.17) is 15.5 Å². The first kappa shape index (κ1) is 22.7. The molecule has 7 rings (SSSR count). The van der Waals surface area contributed by atoms with Crippen molar-refractivity contribution in [2.45, 2.75) is 38.5 Å². The van der Waals surface area contributed by atoms with Crippen LogP contribution < -0.4 is 10.6 Å². The van der Waals surface area contributed by atoms with Crippen LogP contribution in [0.25, 0.3) is 32.2 Å². The van der Waals surface area contributed by atoms with Crippen LogP contribution in [0.4, 0.5) is 19.7 Å². The van der Waals surface area contributed by atoms with E-state index in [1.54, 1.807) is 6.20 Å². The molecule has 3 aromatic heterocycles. The second kappa shape index (κ2) is 8.55. The fourth-order valence-electron chi connectivity index (χ4n) is 6.02. The van der Waals surface area contributed by atoms with Gasteiger partial charge in [-0.1, -0.05) is 0 Å². The number of likely N-dealkylation sites (tertiary alicyclic amines) is 1. The van der Waals surface area contributed by atoms with Gasteiger partial charge in [0.15, 0.2) is 11.6 Å². The van der Waals surface area contributed by atoms with Gasteiger partial charge >= 0.3 is 0 Å². The minimum absolute atomic E-state index is 0.0996. The molecule has 2 fully saturated rings. The average molecular weight is 520 g/mol. The first-order valence-electron chi connectivity index (χ1n) is 12.4. The number of pyridine rings is 1. The molecule has 0 amide bonds. The summed E-state index contributed by atoms with van der Waals surface area (Å²) in [6.45, 7) is 4.33. The highest BCUT2D eigenvalue weighted by Gasteiger charge is 2.33. The third-order valence-corrected chi connectivity index (χ3v) is 8.86. The van der Waals surface area contributed by atoms with Crippen LogP contribution in [0.2, 0.25) is 0 Å². The van der Waals surface area contributed by atoms with Crippen LogP contribution in [-0.4, -0.2) is 52.1 Å². The summed E-state index contributed by atoms with van der Waals surface area (Å²) in [6, 6.07) is 2.50. The van der Waals surface area contributed by atoms with Gasteiger partial charge in [-0.05, 0) is 43.5 Å². The number of fused-ring (bicyclic) bond motifs is 4. The number of rotatable bonds is 3. The summed E-state index contributed by atoms with van der Waals surface area (Å²) in [5.41, 5.74) is 8.06. The van der Waals surface area contributed by atoms with Gasteiger partial charge in [0.1, 0.15) is 16.6 Å². The molecule has 3 aliphatic rings. The molecule has 0 spiro atoms. The van der Waals surface area contributed by atoms with Gasteiger partial charge in [-0.3, -0.25) is 9.88 Å². The van der Waals surface area contributed by atoms with Gasteiger partial charge in [-0.2, -0.15) is 5.26 Å². The fraction of sp³-hybridized carbons (Fsp3) is 0.385. The lowest BCUT2D eigenvalue weighted by Crippen LogP contribution is -2.35. The highest BCUT2D eigenvalue weighted by Crippen LogP contribution is 2.45. The molecule has 11 heteroatoms. The second-order valence-corrected chi connectivity index (χ2v) is 10.9. The third kappa shape index (κ3) is 3.40. The predicted molar refractivity (Wildman–Crippen MR) is 137 cm³/mol. The summed E-state index contributed by atoms with van der Waals surface area (Å²) in [7, 11) is 0. The van der Waals surface area contributed by atoms with E-state index in [0.717, 1.165) is 55.7 Å². The largest absolute Gasteiger partial charge is 0.389 e. The number of nitrogen functional groups attached to an aromatic ring is 1. The number of nitriles is 1. The first-order valence-corrected chi connectivity index (χ1v) is 13.2. The lowest BCUT2D eigenvalue weighted by Gasteiger charge is -2.23. The van der Waals surface area contributed by atoms with E-state index in [0.29, 0.717) is 22.9 Å². The monoisotopic (exact) mass is 519 g/mol. The van der Waals surface area contributed by atoms with Gasteiger partial charge in [0, 0.05) is 41.7 Å². The maximum absolute atomic E-state index is 16.5. The summed E-state index contributed by atoms with van der Waals surface area (Å²) < 4.78 is 37.0. The third-order valence-electron chi connectivity index (χ3n) is 7.84. The Kier molecular flexibility index (Phi) is 5.25. The highest BCUT2D eigenvalue weighted by atomic mass is 32.1. The quantitative estimate of drug-likeness (QED) is 0.426. The van der Waals surface area contributed by atoms with Crippen LogP contribution in [0.5, 0.6) is 0 Å². The van der Waals surface area contributed by atoms with Gasteiger partial charge in [0.05, 0.1) is 35.4 Å². The fourth-order valence-corrected chi connectivity index (χ4v) is 6.94. The summed E-state index contributed by atoms with van der Waals surface area (Å²) in [5, 5.41) is 10.7. The molecule has 188 valence electrons. The number of benzene rings is 1. The Morgan fingerprint density at radius 2 is 1.92 bits per heavy atom. The molecule has 2 saturated heterocycles. The van der Waals surface area contributed by atoms with E-state index < -0.39 is 11.6 Å². The highest BCUT2D eigenvalue weighted by molar-refractivity contribution is 7.23. The van der Waals surface area contributed by atoms with Crippen LogP contribution in [0.3, 0.4) is 0 Å². The molecule has 1 aromatic carbocycles. The van der Waals surface area contributed by atoms with E-state index in [1.807, 2.05) is 6.07 Å². The van der Waals surface area contributed by atoms with Crippen molar-refractivity contribution in [1.29, 1.82) is 5.26 Å². The smallest absolute Gasteiger partial charge is 0.226 e. The van der Waals surface area contributed by atoms with Crippen LogP contribution in [-0.2, 0) is 18.0 Å². The summed E-state index contributed by atoms with van der Waals surface area (Å²) >= 11 is 0.962. The molecule has 3 aliphatic heterocycles. The molecule has 37 heavy (non-hydrogen) atoms. The number of hydrogen-bond acceptors (Lipinski definition) is 9. The lowest BCUT2D eigenvalue weighted by molar-refractivity contribution is 0.135. The Labute approximate surface area is 215 Å². The summed E-state index contributed by atoms with van der Waals surface area (Å²) in [5.74, 6) is -0.683. The van der Waals surface area contributed by atoms with Crippen molar-refractivity contribution in [3.8, 4) is 17.3 Å². The van der Waals surface area contributed by atoms with Crippen molar-refractivity contribution in [3.63, 3.8) is 0 Å². The number of hydrogen-bond donors (Lipinski definition) is 1. The van der Waals surface area contributed by atoms with Crippen LogP contribution in [0.15, 0.2) is 12.4 Å². The molecule has 0 unspecified atom stereocenters. The van der Waals surface area contributed by atoms with Crippen LogP contribution in [0.1, 0.15) is 36.0 Å². The SMILES string of the molecule is N#Cc1c(N)sc2c(F)cnc(-c3c4c(c5cnc(N6CC[C@H](N7CCCC7)C6)nc5c3F)COC4)c12. The molecule has 4 aromatic rings. The van der Waals surface area contributed by atoms with Crippen LogP contribution >= 0.6 is 11.3 Å². The zero-order chi connectivity index (χ0) is 25.3. The Bertz CT molecular complexity index is 1630. The average Bonchev–Trinajstić information content (AvgIpc) is 3.71. The molecule has 0 aliphatic carbocycles. The number of nitrogens with two attached hydrogens (primary N) is 1. The van der Waals surface area contributed by atoms with Crippen molar-refractivity contribution in [2.24, 2.45) is 0 Å². The Hall–Kier alpha value is -3.46. The van der Waals surface area contributed by atoms with Gasteiger partial charge in [-0.25, -0.2) is 18.7 Å². The van der Waals surface area contributed by atoms with Gasteiger partial charge in [0.2, 0.25) is 5.95 Å². The molecular formula is C26H23F2N7OS. The van der Waals surface area contributed by atoms with Gasteiger partial charge < -0.3 is 15.4 Å². The minimum Gasteiger partial charge on any atom is -0.389 e. The topological polar surface area (TPSA) is 104 Å². The van der Waals surface area contributed by atoms with Crippen LogP contribution in [0, 0.1) is 23.0 Å². The zero-order valence-corrected chi connectivity index (χ0v) is 20.7. The number of ether oxygens (including phenoxy) is 1. The molecule has 0 saturated carbocycles. The first-order chi connectivity index (χ1) is 18.0. The molecule has 2 N–H and O–H groups in total. The standard InChI is InChI=1S/C26H23F2N7OS/c27-18-9-31-23(20-14(7-29)25(30)37-24(18)20)19-17-12-36-11-16(17)15-8-32-26(33-22(15)21(19)28)35-6-3-13(10-35)34-4-1-2-5-34/h8-9,13H,1-6,10-12,30H2/t13-/m0/s1. The van der Waals surface area contributed by atoms with E-state index in [2.05, 4.69) is 19.8 Å². The molecule has 6 heterocycles. The van der Waals surface area contributed by atoms with E-state index in [-0.39, 0.29) is 50.6 Å². The number of aromatic nitrogens is 3. The van der Waals surface area contributed by atoms with E-state index in [9.17, 15) is 9.65 Å². The van der Waals surface area contributed by atoms with Crippen molar-refractivity contribution in [3.05, 3.63) is 40.7 Å². The second-order valence-electron chi connectivity index (χ2n) is 9.81. The van der Waals surface area contributed by atoms with Gasteiger partial charge in [-0.15, -0.1) is 11.3 Å². The Balaban J connectivity index is 1.40. The summed E-state index contributed by atoms with van der Waals surface area (Å²) in [4.78, 5) is 18.2. The molecule has 0 radical (unpaired) electrons. The molecule has 0 bridgehead atoms. The van der Waals surface area contributed by atoms with Crippen molar-refractivity contribution in [1.82, 2.24) is 19.9 Å². The normalized spacial score (nSPS) is 19.8. The lowest BCUT2D eigenvalue weighted by atomic mass is 9.94. The van der Waals surface area contributed by atoms with Crippen molar-refractivity contribution >= 4 is 43.3 Å². The van der Waals surface area contributed by atoms with Crippen molar-refractivity contribution in [2.75, 3.05) is 36.8 Å². The number of thiophene rings is 1. The maximum atomic E-state index is 16.5. The number of anilines is 2. The number of nitrogens with zero attached hydrogens (tertiary/aromatic N) is 6. The zero-order valence-electron chi connectivity index (χ0n) is 19.9. The Morgan fingerprint density at radius 1 is 1.11 bits per heavy atom. The van der Waals surface area contributed by atoms with Gasteiger partial charge in [0.25, 0.3) is 0 Å². The molecular weight excluding hydrogens is 496 g/mol. The van der Waals surface area contributed by atoms with E-state index >= 15 is 4.39 Å². The van der Waals surface area contributed by atoms with Crippen molar-refractivity contribution < 1.29 is 13.5 Å². The summed E-state index contributed by atoms with van der Waals surface area (Å²) in [6.07, 6.45) is 6.23. The number of halogens is 2.